The highest BCUT2D eigenvalue weighted by molar-refractivity contribution is 7.14. The van der Waals surface area contributed by atoms with Crippen molar-refractivity contribution in [2.45, 2.75) is 0 Å². The minimum absolute atomic E-state index is 0.191. The molecule has 4 aromatic rings. The minimum atomic E-state index is -0.191. The van der Waals surface area contributed by atoms with Crippen LogP contribution in [0.25, 0.3) is 28.5 Å². The third-order valence-corrected chi connectivity index (χ3v) is 5.01. The van der Waals surface area contributed by atoms with Crippen LogP contribution in [0.3, 0.4) is 0 Å². The fourth-order valence-electron chi connectivity index (χ4n) is 2.81. The first-order valence-corrected chi connectivity index (χ1v) is 9.81. The molecular weight excluding hydrogens is 364 g/mol. The molecule has 0 bridgehead atoms. The van der Waals surface area contributed by atoms with Crippen LogP contribution < -0.4 is 5.32 Å². The molecule has 0 saturated carbocycles. The zero-order valence-electron chi connectivity index (χ0n) is 15.1. The molecule has 0 aliphatic heterocycles. The van der Waals surface area contributed by atoms with Gasteiger partial charge in [0, 0.05) is 17.0 Å². The van der Waals surface area contributed by atoms with Crippen molar-refractivity contribution in [1.29, 1.82) is 0 Å². The van der Waals surface area contributed by atoms with Crippen molar-refractivity contribution in [3.8, 4) is 22.4 Å². The summed E-state index contributed by atoms with van der Waals surface area (Å²) in [6.07, 6.45) is 3.30. The summed E-state index contributed by atoms with van der Waals surface area (Å²) in [5.74, 6) is -0.191. The monoisotopic (exact) mass is 382 g/mol. The predicted molar refractivity (Wildman–Crippen MR) is 117 cm³/mol. The van der Waals surface area contributed by atoms with Crippen molar-refractivity contribution in [1.82, 2.24) is 4.98 Å². The van der Waals surface area contributed by atoms with Gasteiger partial charge < -0.3 is 0 Å². The van der Waals surface area contributed by atoms with Gasteiger partial charge in [-0.3, -0.25) is 10.1 Å². The summed E-state index contributed by atoms with van der Waals surface area (Å²) < 4.78 is 0. The number of rotatable bonds is 5. The van der Waals surface area contributed by atoms with Gasteiger partial charge in [-0.25, -0.2) is 4.98 Å². The first-order valence-electron chi connectivity index (χ1n) is 8.93. The molecule has 3 nitrogen and oxygen atoms in total. The van der Waals surface area contributed by atoms with Crippen LogP contribution in [0, 0.1) is 0 Å². The molecule has 0 spiro atoms. The van der Waals surface area contributed by atoms with Crippen LogP contribution in [0.15, 0.2) is 96.4 Å². The number of hydrogen-bond donors (Lipinski definition) is 1. The topological polar surface area (TPSA) is 42.0 Å². The van der Waals surface area contributed by atoms with Crippen molar-refractivity contribution < 1.29 is 4.79 Å². The van der Waals surface area contributed by atoms with E-state index >= 15 is 0 Å². The maximum Gasteiger partial charge on any atom is 0.250 e. The molecule has 0 atom stereocenters. The van der Waals surface area contributed by atoms with E-state index in [9.17, 15) is 4.79 Å². The average molecular weight is 382 g/mol. The molecule has 0 aliphatic carbocycles. The van der Waals surface area contributed by atoms with E-state index in [2.05, 4.69) is 46.7 Å². The Morgan fingerprint density at radius 2 is 1.39 bits per heavy atom. The van der Waals surface area contributed by atoms with Crippen LogP contribution in [0.1, 0.15) is 5.56 Å². The van der Waals surface area contributed by atoms with Crippen molar-refractivity contribution in [3.63, 3.8) is 0 Å². The van der Waals surface area contributed by atoms with Crippen LogP contribution in [0.2, 0.25) is 0 Å². The van der Waals surface area contributed by atoms with Crippen molar-refractivity contribution >= 4 is 28.5 Å². The lowest BCUT2D eigenvalue weighted by molar-refractivity contribution is -0.111. The molecule has 3 aromatic carbocycles. The van der Waals surface area contributed by atoms with Gasteiger partial charge in [0.05, 0.1) is 5.69 Å². The number of benzene rings is 3. The molecule has 136 valence electrons. The van der Waals surface area contributed by atoms with Gasteiger partial charge in [0.1, 0.15) is 0 Å². The summed E-state index contributed by atoms with van der Waals surface area (Å²) in [7, 11) is 0. The van der Waals surface area contributed by atoms with Gasteiger partial charge >= 0.3 is 0 Å². The highest BCUT2D eigenvalue weighted by Crippen LogP contribution is 2.27. The van der Waals surface area contributed by atoms with E-state index in [1.54, 1.807) is 6.08 Å². The summed E-state index contributed by atoms with van der Waals surface area (Å²) in [5.41, 5.74) is 5.21. The van der Waals surface area contributed by atoms with E-state index in [1.165, 1.54) is 28.5 Å². The molecule has 0 fully saturated rings. The van der Waals surface area contributed by atoms with Crippen LogP contribution in [-0.2, 0) is 4.79 Å². The van der Waals surface area contributed by atoms with E-state index < -0.39 is 0 Å². The van der Waals surface area contributed by atoms with Gasteiger partial charge in [0.2, 0.25) is 5.91 Å². The van der Waals surface area contributed by atoms with Gasteiger partial charge in [0.25, 0.3) is 0 Å². The molecule has 4 rings (SSSR count). The van der Waals surface area contributed by atoms with Gasteiger partial charge in [-0.05, 0) is 22.8 Å². The van der Waals surface area contributed by atoms with Crippen LogP contribution in [-0.4, -0.2) is 10.9 Å². The Kier molecular flexibility index (Phi) is 5.41. The molecule has 0 aliphatic rings. The van der Waals surface area contributed by atoms with E-state index in [0.29, 0.717) is 5.13 Å². The third kappa shape index (κ3) is 4.42. The molecule has 0 saturated heterocycles. The maximum absolute atomic E-state index is 12.1. The second-order valence-electron chi connectivity index (χ2n) is 6.21. The summed E-state index contributed by atoms with van der Waals surface area (Å²) in [6, 6.07) is 28.3. The Labute approximate surface area is 168 Å². The van der Waals surface area contributed by atoms with Crippen LogP contribution in [0.4, 0.5) is 5.13 Å². The lowest BCUT2D eigenvalue weighted by Gasteiger charge is -2.03. The second kappa shape index (κ2) is 8.46. The number of nitrogens with one attached hydrogen (secondary N) is 1. The molecule has 1 N–H and O–H groups in total. The van der Waals surface area contributed by atoms with Gasteiger partial charge in [-0.2, -0.15) is 0 Å². The SMILES string of the molecule is O=C(C=Cc1ccccc1)Nc1nc(-c2ccc(-c3ccccc3)cc2)cs1. The number of amides is 1. The minimum Gasteiger partial charge on any atom is -0.298 e. The van der Waals surface area contributed by atoms with E-state index in [4.69, 9.17) is 0 Å². The Morgan fingerprint density at radius 1 is 0.786 bits per heavy atom. The van der Waals surface area contributed by atoms with Gasteiger partial charge in [-0.15, -0.1) is 11.3 Å². The zero-order valence-corrected chi connectivity index (χ0v) is 15.9. The number of hydrogen-bond acceptors (Lipinski definition) is 3. The lowest BCUT2D eigenvalue weighted by atomic mass is 10.0. The van der Waals surface area contributed by atoms with Crippen LogP contribution >= 0.6 is 11.3 Å². The molecule has 0 radical (unpaired) electrons. The highest BCUT2D eigenvalue weighted by Gasteiger charge is 2.07. The molecular formula is C24H18N2OS. The Morgan fingerprint density at radius 3 is 2.11 bits per heavy atom. The number of carbonyl (C=O) groups excluding carboxylic acids is 1. The fraction of sp³-hybridized carbons (Fsp3) is 0. The van der Waals surface area contributed by atoms with Gasteiger partial charge in [-0.1, -0.05) is 84.9 Å². The molecule has 4 heteroatoms. The number of carbonyl (C=O) groups is 1. The Bertz CT molecular complexity index is 1080. The second-order valence-corrected chi connectivity index (χ2v) is 7.07. The first kappa shape index (κ1) is 17.9. The summed E-state index contributed by atoms with van der Waals surface area (Å²) in [6.45, 7) is 0. The van der Waals surface area contributed by atoms with Crippen molar-refractivity contribution in [3.05, 3.63) is 102 Å². The third-order valence-electron chi connectivity index (χ3n) is 4.25. The molecule has 1 aromatic heterocycles. The average Bonchev–Trinajstić information content (AvgIpc) is 3.22. The number of nitrogens with zero attached hydrogens (tertiary/aromatic N) is 1. The van der Waals surface area contributed by atoms with E-state index in [0.717, 1.165) is 16.8 Å². The molecule has 1 amide bonds. The van der Waals surface area contributed by atoms with E-state index in [1.807, 2.05) is 53.9 Å². The first-order chi connectivity index (χ1) is 13.8. The largest absolute Gasteiger partial charge is 0.298 e. The quantitative estimate of drug-likeness (QED) is 0.422. The number of aromatic nitrogens is 1. The number of anilines is 1. The predicted octanol–water partition coefficient (Wildman–Crippen LogP) is 6.13. The molecule has 1 heterocycles. The summed E-state index contributed by atoms with van der Waals surface area (Å²) in [5, 5.41) is 5.36. The number of thiazole rings is 1. The van der Waals surface area contributed by atoms with Gasteiger partial charge in [0.15, 0.2) is 5.13 Å². The Balaban J connectivity index is 1.43. The van der Waals surface area contributed by atoms with Crippen molar-refractivity contribution in [2.75, 3.05) is 5.32 Å². The standard InChI is InChI=1S/C24H18N2OS/c27-23(16-11-18-7-3-1-4-8-18)26-24-25-22(17-28-24)21-14-12-20(13-15-21)19-9-5-2-6-10-19/h1-17H,(H,25,26,27). The van der Waals surface area contributed by atoms with E-state index in [-0.39, 0.29) is 5.91 Å². The van der Waals surface area contributed by atoms with Crippen LogP contribution in [0.5, 0.6) is 0 Å². The van der Waals surface area contributed by atoms with Crippen molar-refractivity contribution in [2.24, 2.45) is 0 Å². The smallest absolute Gasteiger partial charge is 0.250 e. The molecule has 0 unspecified atom stereocenters. The lowest BCUT2D eigenvalue weighted by Crippen LogP contribution is -2.07. The fourth-order valence-corrected chi connectivity index (χ4v) is 3.53. The maximum atomic E-state index is 12.1. The highest BCUT2D eigenvalue weighted by atomic mass is 32.1. The molecule has 28 heavy (non-hydrogen) atoms. The normalized spacial score (nSPS) is 10.9. The Hall–Kier alpha value is -3.50. The summed E-state index contributed by atoms with van der Waals surface area (Å²) in [4.78, 5) is 16.6. The zero-order chi connectivity index (χ0) is 19.2. The summed E-state index contributed by atoms with van der Waals surface area (Å²) >= 11 is 1.42.